The van der Waals surface area contributed by atoms with Crippen molar-refractivity contribution >= 4 is 19.7 Å². The van der Waals surface area contributed by atoms with Gasteiger partial charge in [-0.1, -0.05) is 212 Å². The third kappa shape index (κ3) is 52.6. The highest BCUT2D eigenvalue weighted by Crippen LogP contribution is 2.38. The SMILES string of the molecule is CC/C=C\C/C=C\C/C=C\C/C=C\C/C=C\C/C=C\CCC(=O)OC(/C=C/CCCCCCCCCCC)C(COP(=O)([O-])OCC[N+](C)(C)C)NC(=O)CCC/C=C\C/C=C\C/C=C\C/C=C\C/C=C\CC. The molecule has 0 fully saturated rings. The Bertz CT molecular complexity index is 1760. The summed E-state index contributed by atoms with van der Waals surface area (Å²) in [6, 6.07) is -0.959. The Hall–Kier alpha value is -4.11. The molecule has 0 bridgehead atoms. The number of unbranched alkanes of at least 4 members (excludes halogenated alkanes) is 10. The van der Waals surface area contributed by atoms with E-state index in [1.54, 1.807) is 6.08 Å². The van der Waals surface area contributed by atoms with Gasteiger partial charge >= 0.3 is 5.97 Å². The molecule has 0 aromatic carbocycles. The third-order valence-corrected chi connectivity index (χ3v) is 12.2. The molecule has 10 heteroatoms. The number of hydrogen-bond donors (Lipinski definition) is 1. The Labute approximate surface area is 447 Å². The molecule has 0 saturated heterocycles. The van der Waals surface area contributed by atoms with Gasteiger partial charge in [0.2, 0.25) is 5.91 Å². The number of phosphoric ester groups is 1. The van der Waals surface area contributed by atoms with Crippen molar-refractivity contribution in [1.29, 1.82) is 0 Å². The number of carbonyl (C=O) groups is 2. The topological polar surface area (TPSA) is 114 Å². The van der Waals surface area contributed by atoms with Crippen molar-refractivity contribution < 1.29 is 37.3 Å². The molecule has 3 atom stereocenters. The van der Waals surface area contributed by atoms with E-state index in [0.29, 0.717) is 30.3 Å². The first-order valence-corrected chi connectivity index (χ1v) is 29.6. The van der Waals surface area contributed by atoms with Crippen LogP contribution in [0, 0.1) is 0 Å². The fraction of sp³-hybridized carbons (Fsp3) is 0.587. The number of allylic oxidation sites excluding steroid dienone is 23. The molecule has 1 N–H and O–H groups in total. The second-order valence-electron chi connectivity index (χ2n) is 19.3. The van der Waals surface area contributed by atoms with Gasteiger partial charge in [0.25, 0.3) is 7.82 Å². The summed E-state index contributed by atoms with van der Waals surface area (Å²) in [5.74, 6) is -0.724. The molecule has 0 rings (SSSR count). The van der Waals surface area contributed by atoms with Gasteiger partial charge in [-0.25, -0.2) is 0 Å². The lowest BCUT2D eigenvalue weighted by Gasteiger charge is -2.30. The summed E-state index contributed by atoms with van der Waals surface area (Å²) in [5.41, 5.74) is 0. The highest BCUT2D eigenvalue weighted by molar-refractivity contribution is 7.45. The van der Waals surface area contributed by atoms with Crippen LogP contribution in [-0.2, 0) is 27.9 Å². The first kappa shape index (κ1) is 68.9. The van der Waals surface area contributed by atoms with E-state index in [1.807, 2.05) is 39.4 Å². The van der Waals surface area contributed by atoms with Crippen LogP contribution in [0.5, 0.6) is 0 Å². The summed E-state index contributed by atoms with van der Waals surface area (Å²) in [6.45, 7) is 6.47. The average Bonchev–Trinajstić information content (AvgIpc) is 3.35. The molecule has 0 heterocycles. The van der Waals surface area contributed by atoms with E-state index < -0.39 is 32.5 Å². The monoisotopic (exact) mass is 1030 g/mol. The molecule has 0 aliphatic heterocycles. The Morgan fingerprint density at radius 1 is 0.493 bits per heavy atom. The highest BCUT2D eigenvalue weighted by Gasteiger charge is 2.27. The van der Waals surface area contributed by atoms with Crippen molar-refractivity contribution in [3.63, 3.8) is 0 Å². The minimum absolute atomic E-state index is 0.0528. The van der Waals surface area contributed by atoms with Crippen LogP contribution in [0.25, 0.3) is 0 Å². The molecule has 0 saturated carbocycles. The van der Waals surface area contributed by atoms with Gasteiger partial charge in [0.15, 0.2) is 0 Å². The van der Waals surface area contributed by atoms with Crippen LogP contribution in [0.15, 0.2) is 146 Å². The van der Waals surface area contributed by atoms with Gasteiger partial charge in [-0.15, -0.1) is 0 Å². The molecule has 0 aliphatic carbocycles. The Morgan fingerprint density at radius 3 is 1.33 bits per heavy atom. The summed E-state index contributed by atoms with van der Waals surface area (Å²) >= 11 is 0. The van der Waals surface area contributed by atoms with Gasteiger partial charge in [-0.05, 0) is 109 Å². The largest absolute Gasteiger partial charge is 0.756 e. The minimum Gasteiger partial charge on any atom is -0.756 e. The standard InChI is InChI=1S/C63H103N2O7P/c1-7-10-13-16-19-22-25-27-29-31-32-34-36-38-41-44-47-50-53-56-63(67)72-61(54-51-48-45-42-39-24-21-18-15-12-9-3)60(59-71-73(68,69)70-58-57-65(4,5)6)64-62(66)55-52-49-46-43-40-37-35-33-30-28-26-23-20-17-14-11-8-2/h10-11,13-14,19-20,22-23,27-30,32,34-35,37-38,41,43,46-47,50-51,54,60-61H,7-9,12,15-18,21,24-26,31,33,36,39-40,42,44-45,48-49,52-53,55-59H2,1-6H3,(H-,64,66,68,69)/b13-10-,14-11-,22-19-,23-20-,29-27-,30-28-,34-32-,37-35-,41-38-,46-43-,50-47-,54-51+. The summed E-state index contributed by atoms with van der Waals surface area (Å²) < 4.78 is 30.1. The van der Waals surface area contributed by atoms with E-state index >= 15 is 0 Å². The predicted octanol–water partition coefficient (Wildman–Crippen LogP) is 16.5. The zero-order valence-electron chi connectivity index (χ0n) is 46.8. The molecule has 9 nitrogen and oxygen atoms in total. The number of amides is 1. The van der Waals surface area contributed by atoms with E-state index in [-0.39, 0.29) is 25.4 Å². The number of likely N-dealkylation sites (N-methyl/N-ethyl adjacent to an activating group) is 1. The van der Waals surface area contributed by atoms with Crippen LogP contribution < -0.4 is 10.2 Å². The Kier molecular flexibility index (Phi) is 48.5. The van der Waals surface area contributed by atoms with E-state index in [9.17, 15) is 19.0 Å². The quantitative estimate of drug-likeness (QED) is 0.0212. The normalized spacial score (nSPS) is 14.9. The lowest BCUT2D eigenvalue weighted by molar-refractivity contribution is -0.870. The molecule has 0 aromatic rings. The summed E-state index contributed by atoms with van der Waals surface area (Å²) in [7, 11) is 1.08. The molecule has 0 radical (unpaired) electrons. The van der Waals surface area contributed by atoms with Crippen LogP contribution in [0.4, 0.5) is 0 Å². The maximum absolute atomic E-state index is 13.4. The molecular formula is C63H103N2O7P. The van der Waals surface area contributed by atoms with Gasteiger partial charge in [0.1, 0.15) is 19.3 Å². The number of nitrogens with zero attached hydrogens (tertiary/aromatic N) is 1. The summed E-state index contributed by atoms with van der Waals surface area (Å²) in [4.78, 5) is 39.8. The predicted molar refractivity (Wildman–Crippen MR) is 311 cm³/mol. The van der Waals surface area contributed by atoms with Crippen molar-refractivity contribution in [2.24, 2.45) is 0 Å². The Balaban J connectivity index is 5.56. The van der Waals surface area contributed by atoms with Crippen LogP contribution in [0.1, 0.15) is 188 Å². The number of rotatable bonds is 48. The number of carbonyl (C=O) groups excluding carboxylic acids is 2. The third-order valence-electron chi connectivity index (χ3n) is 11.3. The molecule has 73 heavy (non-hydrogen) atoms. The lowest BCUT2D eigenvalue weighted by Crippen LogP contribution is -2.47. The van der Waals surface area contributed by atoms with Gasteiger partial charge in [0.05, 0.1) is 33.8 Å². The van der Waals surface area contributed by atoms with Crippen molar-refractivity contribution in [3.05, 3.63) is 146 Å². The van der Waals surface area contributed by atoms with Gasteiger partial charge < -0.3 is 28.5 Å². The second-order valence-corrected chi connectivity index (χ2v) is 20.7. The minimum atomic E-state index is -4.74. The molecule has 412 valence electrons. The lowest BCUT2D eigenvalue weighted by atomic mass is 10.1. The van der Waals surface area contributed by atoms with E-state index in [2.05, 4.69) is 148 Å². The number of ether oxygens (including phenoxy) is 1. The fourth-order valence-electron chi connectivity index (χ4n) is 6.99. The first-order valence-electron chi connectivity index (χ1n) is 28.1. The smallest absolute Gasteiger partial charge is 0.306 e. The number of phosphoric acid groups is 1. The van der Waals surface area contributed by atoms with E-state index in [1.165, 1.54) is 44.9 Å². The van der Waals surface area contributed by atoms with Crippen LogP contribution in [0.2, 0.25) is 0 Å². The van der Waals surface area contributed by atoms with E-state index in [4.69, 9.17) is 13.8 Å². The van der Waals surface area contributed by atoms with Gasteiger partial charge in [-0.3, -0.25) is 14.2 Å². The zero-order valence-corrected chi connectivity index (χ0v) is 47.7. The molecule has 0 aliphatic rings. The van der Waals surface area contributed by atoms with Crippen molar-refractivity contribution in [1.82, 2.24) is 5.32 Å². The number of hydrogen-bond acceptors (Lipinski definition) is 7. The highest BCUT2D eigenvalue weighted by atomic mass is 31.2. The van der Waals surface area contributed by atoms with Crippen LogP contribution in [-0.4, -0.2) is 69.4 Å². The summed E-state index contributed by atoms with van der Waals surface area (Å²) in [5, 5.41) is 2.96. The molecule has 1 amide bonds. The number of esters is 1. The van der Waals surface area contributed by atoms with Crippen molar-refractivity contribution in [2.75, 3.05) is 40.9 Å². The summed E-state index contributed by atoms with van der Waals surface area (Å²) in [6.07, 6.45) is 74.1. The average molecular weight is 1030 g/mol. The number of nitrogens with one attached hydrogen (secondary N) is 1. The maximum Gasteiger partial charge on any atom is 0.306 e. The van der Waals surface area contributed by atoms with E-state index in [0.717, 1.165) is 89.9 Å². The van der Waals surface area contributed by atoms with Gasteiger partial charge in [0, 0.05) is 12.8 Å². The molecular weight excluding hydrogens is 928 g/mol. The van der Waals surface area contributed by atoms with Crippen molar-refractivity contribution in [2.45, 2.75) is 200 Å². The fourth-order valence-corrected chi connectivity index (χ4v) is 7.72. The number of quaternary nitrogens is 1. The van der Waals surface area contributed by atoms with Gasteiger partial charge in [-0.2, -0.15) is 0 Å². The first-order chi connectivity index (χ1) is 35.4. The van der Waals surface area contributed by atoms with Crippen LogP contribution >= 0.6 is 7.82 Å². The Morgan fingerprint density at radius 2 is 0.890 bits per heavy atom. The molecule has 0 aromatic heterocycles. The molecule has 3 unspecified atom stereocenters. The second kappa shape index (κ2) is 51.4. The maximum atomic E-state index is 13.4. The molecule has 0 spiro atoms. The zero-order chi connectivity index (χ0) is 53.6. The van der Waals surface area contributed by atoms with Crippen LogP contribution in [0.3, 0.4) is 0 Å². The van der Waals surface area contributed by atoms with Crippen molar-refractivity contribution in [3.8, 4) is 0 Å².